The molecule has 0 radical (unpaired) electrons. The topological polar surface area (TPSA) is 122 Å². The molecule has 9 nitrogen and oxygen atoms in total. The second-order valence-corrected chi connectivity index (χ2v) is 11.4. The highest BCUT2D eigenvalue weighted by atomic mass is 35.5. The molecule has 1 fully saturated rings. The molecule has 1 aromatic carbocycles. The molecule has 0 saturated carbocycles. The Morgan fingerprint density at radius 3 is 2.51 bits per heavy atom. The number of carbonyl (C=O) groups is 2. The summed E-state index contributed by atoms with van der Waals surface area (Å²) < 4.78 is 7.18. The Morgan fingerprint density at radius 2 is 1.92 bits per heavy atom. The maximum absolute atomic E-state index is 13.6. The lowest BCUT2D eigenvalue weighted by Gasteiger charge is -2.24. The van der Waals surface area contributed by atoms with Crippen LogP contribution in [0.25, 0.3) is 5.82 Å². The number of aryl methyl sites for hydroxylation is 1. The molecular weight excluding hydrogens is 535 g/mol. The van der Waals surface area contributed by atoms with E-state index in [2.05, 4.69) is 26.8 Å². The summed E-state index contributed by atoms with van der Waals surface area (Å²) in [4.78, 5) is 31.0. The standard InChI is InChI=1S/C25H24Cl2N6O3S/c1-13-5-14(9-28)6-17(23(34)31-25(2,3)4)21(13)30-24(35)19-8-20(36-16-11-37-12-16)32-33(19)22-18(27)7-15(26)10-29-22/h5-8,10,16H,11-12H2,1-4H3,(H,30,35)(H,31,34). The maximum Gasteiger partial charge on any atom is 0.274 e. The zero-order valence-electron chi connectivity index (χ0n) is 20.6. The Morgan fingerprint density at radius 1 is 1.19 bits per heavy atom. The van der Waals surface area contributed by atoms with E-state index in [9.17, 15) is 14.9 Å². The summed E-state index contributed by atoms with van der Waals surface area (Å²) in [6.45, 7) is 7.23. The predicted octanol–water partition coefficient (Wildman–Crippen LogP) is 5.03. The zero-order valence-corrected chi connectivity index (χ0v) is 22.9. The molecule has 3 heterocycles. The fourth-order valence-corrected chi connectivity index (χ4v) is 4.56. The van der Waals surface area contributed by atoms with Crippen LogP contribution in [-0.4, -0.2) is 49.7 Å². The van der Waals surface area contributed by atoms with Gasteiger partial charge in [-0.2, -0.15) is 17.0 Å². The molecule has 12 heteroatoms. The van der Waals surface area contributed by atoms with Crippen molar-refractivity contribution in [1.29, 1.82) is 5.26 Å². The van der Waals surface area contributed by atoms with Crippen molar-refractivity contribution >= 4 is 52.5 Å². The average Bonchev–Trinajstić information content (AvgIpc) is 3.20. The van der Waals surface area contributed by atoms with Gasteiger partial charge in [0, 0.05) is 29.3 Å². The number of hydrogen-bond acceptors (Lipinski definition) is 7. The van der Waals surface area contributed by atoms with Crippen molar-refractivity contribution < 1.29 is 14.3 Å². The largest absolute Gasteiger partial charge is 0.472 e. The molecule has 3 aromatic rings. The van der Waals surface area contributed by atoms with Crippen LogP contribution in [0.3, 0.4) is 0 Å². The van der Waals surface area contributed by atoms with Crippen molar-refractivity contribution in [2.24, 2.45) is 0 Å². The Bertz CT molecular complexity index is 1420. The molecule has 0 unspecified atom stereocenters. The fourth-order valence-electron chi connectivity index (χ4n) is 3.54. The van der Waals surface area contributed by atoms with Crippen LogP contribution in [0.5, 0.6) is 5.88 Å². The summed E-state index contributed by atoms with van der Waals surface area (Å²) in [5.74, 6) is 1.08. The van der Waals surface area contributed by atoms with Gasteiger partial charge < -0.3 is 15.4 Å². The van der Waals surface area contributed by atoms with E-state index in [-0.39, 0.29) is 39.8 Å². The lowest BCUT2D eigenvalue weighted by molar-refractivity contribution is 0.0920. The van der Waals surface area contributed by atoms with Crippen LogP contribution in [-0.2, 0) is 0 Å². The number of rotatable bonds is 6. The van der Waals surface area contributed by atoms with Gasteiger partial charge in [-0.1, -0.05) is 23.2 Å². The van der Waals surface area contributed by atoms with Crippen molar-refractivity contribution in [3.05, 3.63) is 62.9 Å². The van der Waals surface area contributed by atoms with Crippen molar-refractivity contribution in [3.63, 3.8) is 0 Å². The number of benzene rings is 1. The molecule has 0 aliphatic carbocycles. The Labute approximate surface area is 228 Å². The van der Waals surface area contributed by atoms with Gasteiger partial charge in [-0.3, -0.25) is 9.59 Å². The number of halogens is 2. The number of hydrogen-bond donors (Lipinski definition) is 2. The van der Waals surface area contributed by atoms with Crippen LogP contribution in [0.4, 0.5) is 5.69 Å². The minimum Gasteiger partial charge on any atom is -0.472 e. The van der Waals surface area contributed by atoms with E-state index >= 15 is 0 Å². The van der Waals surface area contributed by atoms with E-state index < -0.39 is 17.4 Å². The molecule has 0 bridgehead atoms. The van der Waals surface area contributed by atoms with Crippen LogP contribution in [0.1, 0.15) is 52.7 Å². The highest BCUT2D eigenvalue weighted by Gasteiger charge is 2.27. The van der Waals surface area contributed by atoms with E-state index in [4.69, 9.17) is 27.9 Å². The quantitative estimate of drug-likeness (QED) is 0.435. The molecule has 37 heavy (non-hydrogen) atoms. The predicted molar refractivity (Wildman–Crippen MR) is 144 cm³/mol. The molecule has 1 aliphatic heterocycles. The molecule has 1 aliphatic rings. The minimum atomic E-state index is -0.573. The van der Waals surface area contributed by atoms with Crippen molar-refractivity contribution in [2.75, 3.05) is 16.8 Å². The van der Waals surface area contributed by atoms with E-state index in [0.29, 0.717) is 16.1 Å². The maximum atomic E-state index is 13.6. The van der Waals surface area contributed by atoms with Gasteiger partial charge in [-0.05, 0) is 51.5 Å². The fraction of sp³-hybridized carbons (Fsp3) is 0.320. The number of nitriles is 1. The van der Waals surface area contributed by atoms with Gasteiger partial charge in [-0.25, -0.2) is 9.67 Å². The minimum absolute atomic E-state index is 0.00798. The summed E-state index contributed by atoms with van der Waals surface area (Å²) >= 11 is 14.1. The Hall–Kier alpha value is -3.26. The molecule has 1 saturated heterocycles. The summed E-state index contributed by atoms with van der Waals surface area (Å²) in [5.41, 5.74) is 0.831. The molecule has 2 N–H and O–H groups in total. The summed E-state index contributed by atoms with van der Waals surface area (Å²) in [6, 6.07) is 8.09. The molecule has 0 spiro atoms. The smallest absolute Gasteiger partial charge is 0.274 e. The number of pyridine rings is 1. The summed E-state index contributed by atoms with van der Waals surface area (Å²) in [5, 5.41) is 20.1. The van der Waals surface area contributed by atoms with Crippen LogP contribution >= 0.6 is 35.0 Å². The second kappa shape index (κ2) is 10.6. The number of aromatic nitrogens is 3. The average molecular weight is 559 g/mol. The molecule has 192 valence electrons. The number of carbonyl (C=O) groups excluding carboxylic acids is 2. The number of nitrogens with zero attached hydrogens (tertiary/aromatic N) is 4. The van der Waals surface area contributed by atoms with Gasteiger partial charge in [0.05, 0.1) is 32.9 Å². The highest BCUT2D eigenvalue weighted by Crippen LogP contribution is 2.29. The lowest BCUT2D eigenvalue weighted by atomic mass is 10.0. The number of ether oxygens (including phenoxy) is 1. The molecule has 2 amide bonds. The van der Waals surface area contributed by atoms with Crippen molar-refractivity contribution in [3.8, 4) is 17.8 Å². The SMILES string of the molecule is Cc1cc(C#N)cc(C(=O)NC(C)(C)C)c1NC(=O)c1cc(OC2CSC2)nn1-c1ncc(Cl)cc1Cl. The van der Waals surface area contributed by atoms with E-state index in [1.165, 1.54) is 29.1 Å². The molecular formula is C25H24Cl2N6O3S. The third-order valence-electron chi connectivity index (χ3n) is 5.24. The van der Waals surface area contributed by atoms with E-state index in [1.54, 1.807) is 24.8 Å². The van der Waals surface area contributed by atoms with Crippen LogP contribution in [0.15, 0.2) is 30.5 Å². The molecule has 2 aromatic heterocycles. The third kappa shape index (κ3) is 6.18. The van der Waals surface area contributed by atoms with Gasteiger partial charge in [0.15, 0.2) is 5.82 Å². The van der Waals surface area contributed by atoms with Crippen LogP contribution in [0, 0.1) is 18.3 Å². The summed E-state index contributed by atoms with van der Waals surface area (Å²) in [6.07, 6.45) is 1.39. The van der Waals surface area contributed by atoms with Crippen molar-refractivity contribution in [2.45, 2.75) is 39.3 Å². The van der Waals surface area contributed by atoms with Crippen LogP contribution in [0.2, 0.25) is 10.0 Å². The van der Waals surface area contributed by atoms with Gasteiger partial charge in [0.2, 0.25) is 5.88 Å². The number of anilines is 1. The normalized spacial score (nSPS) is 13.4. The summed E-state index contributed by atoms with van der Waals surface area (Å²) in [7, 11) is 0. The van der Waals surface area contributed by atoms with E-state index in [0.717, 1.165) is 11.5 Å². The van der Waals surface area contributed by atoms with Crippen molar-refractivity contribution in [1.82, 2.24) is 20.1 Å². The molecule has 0 atom stereocenters. The molecule has 4 rings (SSSR count). The zero-order chi connectivity index (χ0) is 26.9. The second-order valence-electron chi connectivity index (χ2n) is 9.50. The first-order valence-corrected chi connectivity index (χ1v) is 13.2. The first-order chi connectivity index (χ1) is 17.4. The third-order valence-corrected chi connectivity index (χ3v) is 6.94. The van der Waals surface area contributed by atoms with Gasteiger partial charge in [0.1, 0.15) is 11.8 Å². The van der Waals surface area contributed by atoms with Gasteiger partial charge in [0.25, 0.3) is 11.8 Å². The van der Waals surface area contributed by atoms with Gasteiger partial charge in [-0.15, -0.1) is 5.10 Å². The van der Waals surface area contributed by atoms with E-state index in [1.807, 2.05) is 20.8 Å². The monoisotopic (exact) mass is 558 g/mol. The Kier molecular flexibility index (Phi) is 7.69. The number of nitrogens with one attached hydrogen (secondary N) is 2. The lowest BCUT2D eigenvalue weighted by Crippen LogP contribution is -2.41. The number of amides is 2. The van der Waals surface area contributed by atoms with Gasteiger partial charge >= 0.3 is 0 Å². The first-order valence-electron chi connectivity index (χ1n) is 11.3. The first kappa shape index (κ1) is 26.8. The Balaban J connectivity index is 1.75. The highest BCUT2D eigenvalue weighted by molar-refractivity contribution is 8.00. The van der Waals surface area contributed by atoms with Crippen LogP contribution < -0.4 is 15.4 Å². The number of thioether (sulfide) groups is 1.